The summed E-state index contributed by atoms with van der Waals surface area (Å²) < 4.78 is 0. The van der Waals surface area contributed by atoms with E-state index in [4.69, 9.17) is 11.5 Å². The number of carbonyl (C=O) groups excluding carboxylic acids is 3. The summed E-state index contributed by atoms with van der Waals surface area (Å²) in [7, 11) is 0. The number of aliphatic hydroxyl groups is 1. The second-order valence-corrected chi connectivity index (χ2v) is 9.81. The zero-order valence-corrected chi connectivity index (χ0v) is 22.1. The SMILES string of the molecule is CC(C)C(NC(=O)C(N)CCCCN)C(=O)NC(Cc1c[nH]c2ccccc12)C(=O)NC(C(=O)O)C(C)O. The number of aromatic nitrogens is 1. The van der Waals surface area contributed by atoms with E-state index in [0.717, 1.165) is 22.9 Å². The lowest BCUT2D eigenvalue weighted by Crippen LogP contribution is -2.59. The molecule has 0 saturated carbocycles. The van der Waals surface area contributed by atoms with Crippen molar-refractivity contribution >= 4 is 34.6 Å². The molecule has 1 aromatic heterocycles. The van der Waals surface area contributed by atoms with E-state index in [2.05, 4.69) is 20.9 Å². The number of nitrogens with one attached hydrogen (secondary N) is 4. The highest BCUT2D eigenvalue weighted by atomic mass is 16.4. The van der Waals surface area contributed by atoms with Gasteiger partial charge < -0.3 is 42.6 Å². The zero-order chi connectivity index (χ0) is 28.4. The van der Waals surface area contributed by atoms with Gasteiger partial charge in [0.2, 0.25) is 17.7 Å². The number of aliphatic carboxylic acids is 1. The van der Waals surface area contributed by atoms with Gasteiger partial charge in [-0.3, -0.25) is 14.4 Å². The largest absolute Gasteiger partial charge is 0.480 e. The molecule has 0 fully saturated rings. The van der Waals surface area contributed by atoms with Gasteiger partial charge in [0.05, 0.1) is 12.1 Å². The Labute approximate surface area is 221 Å². The molecule has 210 valence electrons. The molecule has 1 aromatic carbocycles. The average molecular weight is 533 g/mol. The maximum absolute atomic E-state index is 13.3. The number of hydrogen-bond acceptors (Lipinski definition) is 7. The number of H-pyrrole nitrogens is 1. The Balaban J connectivity index is 2.26. The van der Waals surface area contributed by atoms with E-state index < -0.39 is 54.0 Å². The van der Waals surface area contributed by atoms with Crippen LogP contribution in [0.15, 0.2) is 30.5 Å². The van der Waals surface area contributed by atoms with Crippen LogP contribution in [0.4, 0.5) is 0 Å². The van der Waals surface area contributed by atoms with E-state index >= 15 is 0 Å². The van der Waals surface area contributed by atoms with Crippen LogP contribution in [0.5, 0.6) is 0 Å². The lowest BCUT2D eigenvalue weighted by Gasteiger charge is -2.27. The average Bonchev–Trinajstić information content (AvgIpc) is 3.27. The Hall–Kier alpha value is -3.48. The van der Waals surface area contributed by atoms with Crippen LogP contribution in [0.25, 0.3) is 10.9 Å². The van der Waals surface area contributed by atoms with Gasteiger partial charge >= 0.3 is 5.97 Å². The smallest absolute Gasteiger partial charge is 0.328 e. The Bertz CT molecular complexity index is 1100. The van der Waals surface area contributed by atoms with Crippen molar-refractivity contribution in [3.8, 4) is 0 Å². The van der Waals surface area contributed by atoms with E-state index in [-0.39, 0.29) is 12.3 Å². The minimum Gasteiger partial charge on any atom is -0.480 e. The number of unbranched alkanes of at least 4 members (excludes halogenated alkanes) is 1. The molecule has 0 aliphatic carbocycles. The van der Waals surface area contributed by atoms with Gasteiger partial charge in [0.1, 0.15) is 12.1 Å². The number of amides is 3. The highest BCUT2D eigenvalue weighted by Gasteiger charge is 2.33. The molecular formula is C26H40N6O6. The molecule has 10 N–H and O–H groups in total. The molecule has 0 bridgehead atoms. The van der Waals surface area contributed by atoms with E-state index in [9.17, 15) is 29.4 Å². The molecule has 3 amide bonds. The number of rotatable bonds is 15. The van der Waals surface area contributed by atoms with Crippen molar-refractivity contribution in [2.45, 2.75) is 76.7 Å². The summed E-state index contributed by atoms with van der Waals surface area (Å²) in [5, 5.41) is 27.7. The molecule has 38 heavy (non-hydrogen) atoms. The maximum atomic E-state index is 13.3. The van der Waals surface area contributed by atoms with Gasteiger partial charge in [0, 0.05) is 23.5 Å². The summed E-state index contributed by atoms with van der Waals surface area (Å²) in [5.41, 5.74) is 13.0. The van der Waals surface area contributed by atoms with Gasteiger partial charge in [-0.1, -0.05) is 38.5 Å². The Morgan fingerprint density at radius 2 is 1.61 bits per heavy atom. The van der Waals surface area contributed by atoms with Crippen molar-refractivity contribution in [1.82, 2.24) is 20.9 Å². The molecule has 0 aliphatic rings. The molecule has 5 atom stereocenters. The zero-order valence-electron chi connectivity index (χ0n) is 22.1. The van der Waals surface area contributed by atoms with Crippen LogP contribution in [-0.4, -0.2) is 75.7 Å². The second-order valence-electron chi connectivity index (χ2n) is 9.81. The number of carboxylic acids is 1. The van der Waals surface area contributed by atoms with Crippen molar-refractivity contribution in [3.63, 3.8) is 0 Å². The van der Waals surface area contributed by atoms with Gasteiger partial charge in [-0.15, -0.1) is 0 Å². The quantitative estimate of drug-likeness (QED) is 0.143. The van der Waals surface area contributed by atoms with Crippen molar-refractivity contribution in [1.29, 1.82) is 0 Å². The molecule has 2 aromatic rings. The highest BCUT2D eigenvalue weighted by molar-refractivity contribution is 5.95. The first kappa shape index (κ1) is 30.7. The summed E-state index contributed by atoms with van der Waals surface area (Å²) in [6.45, 7) is 5.22. The molecule has 0 aliphatic heterocycles. The number of nitrogens with two attached hydrogens (primary N) is 2. The van der Waals surface area contributed by atoms with Crippen LogP contribution in [0.1, 0.15) is 45.6 Å². The first-order chi connectivity index (χ1) is 18.0. The molecule has 0 spiro atoms. The fraction of sp³-hybridized carbons (Fsp3) is 0.538. The Morgan fingerprint density at radius 1 is 0.947 bits per heavy atom. The van der Waals surface area contributed by atoms with Crippen LogP contribution in [0.2, 0.25) is 0 Å². The molecule has 1 heterocycles. The van der Waals surface area contributed by atoms with E-state index in [0.29, 0.717) is 19.4 Å². The standard InChI is InChI=1S/C26H40N6O6/c1-14(2)21(31-23(34)18(28)9-6-7-11-27)25(36)30-20(24(35)32-22(15(3)33)26(37)38)12-16-13-29-19-10-5-4-8-17(16)19/h4-5,8,10,13-15,18,20-22,29,33H,6-7,9,11-12,27-28H2,1-3H3,(H,30,36)(H,31,34)(H,32,35)(H,37,38). The number of aromatic amines is 1. The predicted molar refractivity (Wildman–Crippen MR) is 143 cm³/mol. The van der Waals surface area contributed by atoms with Gasteiger partial charge in [-0.25, -0.2) is 4.79 Å². The summed E-state index contributed by atoms with van der Waals surface area (Å²) in [6.07, 6.45) is 2.18. The summed E-state index contributed by atoms with van der Waals surface area (Å²) in [6, 6.07) is 2.83. The first-order valence-electron chi connectivity index (χ1n) is 12.8. The number of carboxylic acid groups (broad SMARTS) is 1. The third-order valence-corrected chi connectivity index (χ3v) is 6.33. The normalized spacial score (nSPS) is 15.3. The van der Waals surface area contributed by atoms with Gasteiger partial charge in [-0.2, -0.15) is 0 Å². The minimum absolute atomic E-state index is 0.0328. The third kappa shape index (κ3) is 8.54. The second kappa shape index (κ2) is 14.5. The maximum Gasteiger partial charge on any atom is 0.328 e. The summed E-state index contributed by atoms with van der Waals surface area (Å²) in [4.78, 5) is 53.8. The number of carbonyl (C=O) groups is 4. The molecule has 0 saturated heterocycles. The number of hydrogen-bond donors (Lipinski definition) is 8. The topological polar surface area (TPSA) is 213 Å². The summed E-state index contributed by atoms with van der Waals surface area (Å²) in [5.74, 6) is -3.65. The first-order valence-corrected chi connectivity index (χ1v) is 12.8. The van der Waals surface area contributed by atoms with Gasteiger partial charge in [0.25, 0.3) is 0 Å². The van der Waals surface area contributed by atoms with E-state index in [1.165, 1.54) is 6.92 Å². The molecule has 2 rings (SSSR count). The van der Waals surface area contributed by atoms with E-state index in [1.807, 2.05) is 24.3 Å². The highest BCUT2D eigenvalue weighted by Crippen LogP contribution is 2.19. The molecule has 5 unspecified atom stereocenters. The Morgan fingerprint density at radius 3 is 2.21 bits per heavy atom. The molecular weight excluding hydrogens is 492 g/mol. The van der Waals surface area contributed by atoms with Crippen molar-refractivity contribution in [3.05, 3.63) is 36.0 Å². The number of aliphatic hydroxyl groups excluding tert-OH is 1. The minimum atomic E-state index is -1.57. The van der Waals surface area contributed by atoms with Crippen molar-refractivity contribution in [2.24, 2.45) is 17.4 Å². The fourth-order valence-corrected chi connectivity index (χ4v) is 4.07. The molecule has 12 nitrogen and oxygen atoms in total. The lowest BCUT2D eigenvalue weighted by molar-refractivity contribution is -0.145. The van der Waals surface area contributed by atoms with Crippen LogP contribution in [0, 0.1) is 5.92 Å². The van der Waals surface area contributed by atoms with Crippen LogP contribution < -0.4 is 27.4 Å². The van der Waals surface area contributed by atoms with E-state index in [1.54, 1.807) is 20.0 Å². The van der Waals surface area contributed by atoms with Crippen molar-refractivity contribution in [2.75, 3.05) is 6.54 Å². The van der Waals surface area contributed by atoms with Crippen LogP contribution >= 0.6 is 0 Å². The fourth-order valence-electron chi connectivity index (χ4n) is 4.07. The molecule has 0 radical (unpaired) electrons. The monoisotopic (exact) mass is 532 g/mol. The van der Waals surface area contributed by atoms with Crippen LogP contribution in [-0.2, 0) is 25.6 Å². The summed E-state index contributed by atoms with van der Waals surface area (Å²) >= 11 is 0. The van der Waals surface area contributed by atoms with Crippen LogP contribution in [0.3, 0.4) is 0 Å². The van der Waals surface area contributed by atoms with Crippen molar-refractivity contribution < 1.29 is 29.4 Å². The lowest BCUT2D eigenvalue weighted by atomic mass is 9.99. The van der Waals surface area contributed by atoms with Gasteiger partial charge in [-0.05, 0) is 43.9 Å². The number of para-hydroxylation sites is 1. The third-order valence-electron chi connectivity index (χ3n) is 6.33. The predicted octanol–water partition coefficient (Wildman–Crippen LogP) is -0.257. The number of benzene rings is 1. The van der Waals surface area contributed by atoms with Gasteiger partial charge in [0.15, 0.2) is 6.04 Å². The number of fused-ring (bicyclic) bond motifs is 1. The Kier molecular flexibility index (Phi) is 11.7. The molecule has 12 heteroatoms.